The Morgan fingerprint density at radius 1 is 1.24 bits per heavy atom. The number of aromatic nitrogens is 2. The average molecular weight is 447 g/mol. The highest BCUT2D eigenvalue weighted by atomic mass is 16.6. The van der Waals surface area contributed by atoms with Gasteiger partial charge >= 0.3 is 5.97 Å². The standard InChI is InChI=1S/C25H25N3O5/c1-3-14-15-9-13(6-8-21(26)29)5-7-19(15)27-22-16(14)11-28-20(22)10-18-17(23(28)30)12-33-24(31)25(18,32)4-2/h5,7,9-10,32H,3-4,6,8,11-12H2,1-2H3,(H2,26,29). The Morgan fingerprint density at radius 3 is 2.73 bits per heavy atom. The Hall–Kier alpha value is -3.52. The van der Waals surface area contributed by atoms with Crippen LogP contribution in [0.2, 0.25) is 0 Å². The molecule has 0 saturated carbocycles. The fraction of sp³-hybridized carbons (Fsp3) is 0.360. The number of carbonyl (C=O) groups is 2. The Labute approximate surface area is 190 Å². The number of benzene rings is 1. The molecular formula is C25H25N3O5. The summed E-state index contributed by atoms with van der Waals surface area (Å²) in [5, 5.41) is 12.0. The summed E-state index contributed by atoms with van der Waals surface area (Å²) in [6.45, 7) is 3.97. The van der Waals surface area contributed by atoms with Crippen molar-refractivity contribution in [2.45, 2.75) is 58.3 Å². The van der Waals surface area contributed by atoms with Crippen LogP contribution < -0.4 is 11.3 Å². The third-order valence-electron chi connectivity index (χ3n) is 6.88. The lowest BCUT2D eigenvalue weighted by molar-refractivity contribution is -0.172. The third kappa shape index (κ3) is 3.08. The molecule has 1 atom stereocenters. The van der Waals surface area contributed by atoms with Crippen LogP contribution in [0.3, 0.4) is 0 Å². The minimum Gasteiger partial charge on any atom is -0.458 e. The van der Waals surface area contributed by atoms with Gasteiger partial charge in [0.2, 0.25) is 5.91 Å². The van der Waals surface area contributed by atoms with Crippen LogP contribution in [0, 0.1) is 0 Å². The zero-order chi connectivity index (χ0) is 23.5. The van der Waals surface area contributed by atoms with Crippen molar-refractivity contribution < 1.29 is 19.4 Å². The van der Waals surface area contributed by atoms with Gasteiger partial charge in [-0.2, -0.15) is 0 Å². The molecule has 2 aliphatic rings. The van der Waals surface area contributed by atoms with Crippen molar-refractivity contribution in [2.24, 2.45) is 5.73 Å². The van der Waals surface area contributed by atoms with Crippen molar-refractivity contribution >= 4 is 22.8 Å². The van der Waals surface area contributed by atoms with Gasteiger partial charge in [-0.15, -0.1) is 0 Å². The number of aliphatic hydroxyl groups is 1. The second-order valence-corrected chi connectivity index (χ2v) is 8.69. The van der Waals surface area contributed by atoms with E-state index in [9.17, 15) is 19.5 Å². The Balaban J connectivity index is 1.71. The van der Waals surface area contributed by atoms with E-state index in [-0.39, 0.29) is 30.9 Å². The molecule has 0 spiro atoms. The lowest BCUT2D eigenvalue weighted by Crippen LogP contribution is -2.44. The number of carbonyl (C=O) groups excluding carboxylic acids is 2. The Kier molecular flexibility index (Phi) is 4.86. The molecule has 8 nitrogen and oxygen atoms in total. The molecule has 0 bridgehead atoms. The van der Waals surface area contributed by atoms with Crippen molar-refractivity contribution in [1.29, 1.82) is 0 Å². The summed E-state index contributed by atoms with van der Waals surface area (Å²) in [5.74, 6) is -1.07. The Bertz CT molecular complexity index is 1410. The second kappa shape index (κ2) is 7.52. The first kappa shape index (κ1) is 21.3. The number of ether oxygens (including phenoxy) is 1. The molecule has 2 aromatic heterocycles. The van der Waals surface area contributed by atoms with E-state index in [1.807, 2.05) is 18.2 Å². The van der Waals surface area contributed by atoms with Gasteiger partial charge in [-0.1, -0.05) is 19.9 Å². The molecule has 1 amide bonds. The van der Waals surface area contributed by atoms with Crippen LogP contribution in [-0.2, 0) is 45.9 Å². The van der Waals surface area contributed by atoms with Gasteiger partial charge in [0.05, 0.1) is 29.0 Å². The van der Waals surface area contributed by atoms with E-state index in [1.54, 1.807) is 17.6 Å². The summed E-state index contributed by atoms with van der Waals surface area (Å²) in [4.78, 5) is 41.8. The monoisotopic (exact) mass is 447 g/mol. The summed E-state index contributed by atoms with van der Waals surface area (Å²) in [7, 11) is 0. The highest BCUT2D eigenvalue weighted by molar-refractivity contribution is 5.89. The highest BCUT2D eigenvalue weighted by Crippen LogP contribution is 2.40. The van der Waals surface area contributed by atoms with Crippen LogP contribution in [0.25, 0.3) is 22.3 Å². The smallest absolute Gasteiger partial charge is 0.343 e. The molecule has 33 heavy (non-hydrogen) atoms. The lowest BCUT2D eigenvalue weighted by atomic mass is 9.86. The second-order valence-electron chi connectivity index (χ2n) is 8.69. The topological polar surface area (TPSA) is 125 Å². The minimum absolute atomic E-state index is 0.105. The Morgan fingerprint density at radius 2 is 2.03 bits per heavy atom. The van der Waals surface area contributed by atoms with Gasteiger partial charge in [0.25, 0.3) is 5.56 Å². The average Bonchev–Trinajstić information content (AvgIpc) is 3.17. The number of esters is 1. The predicted molar refractivity (Wildman–Crippen MR) is 121 cm³/mol. The maximum Gasteiger partial charge on any atom is 0.343 e. The summed E-state index contributed by atoms with van der Waals surface area (Å²) >= 11 is 0. The van der Waals surface area contributed by atoms with E-state index in [4.69, 9.17) is 15.5 Å². The first-order valence-corrected chi connectivity index (χ1v) is 11.2. The zero-order valence-electron chi connectivity index (χ0n) is 18.6. The van der Waals surface area contributed by atoms with E-state index in [0.29, 0.717) is 35.5 Å². The molecule has 1 unspecified atom stereocenters. The molecule has 3 N–H and O–H groups in total. The van der Waals surface area contributed by atoms with Gasteiger partial charge in [-0.25, -0.2) is 9.78 Å². The summed E-state index contributed by atoms with van der Waals surface area (Å²) in [6, 6.07) is 7.63. The van der Waals surface area contributed by atoms with E-state index in [1.165, 1.54) is 0 Å². The van der Waals surface area contributed by atoms with Gasteiger partial charge in [-0.05, 0) is 48.6 Å². The number of cyclic esters (lactones) is 1. The number of aryl methyl sites for hydroxylation is 2. The van der Waals surface area contributed by atoms with Crippen molar-refractivity contribution in [3.63, 3.8) is 0 Å². The molecule has 1 aromatic carbocycles. The molecule has 2 aliphatic heterocycles. The molecular weight excluding hydrogens is 422 g/mol. The van der Waals surface area contributed by atoms with Crippen LogP contribution in [0.15, 0.2) is 29.1 Å². The number of nitrogens with zero attached hydrogens (tertiary/aromatic N) is 2. The van der Waals surface area contributed by atoms with Crippen molar-refractivity contribution in [3.8, 4) is 11.4 Å². The maximum absolute atomic E-state index is 13.4. The zero-order valence-corrected chi connectivity index (χ0v) is 18.6. The number of amides is 1. The first-order valence-electron chi connectivity index (χ1n) is 11.2. The van der Waals surface area contributed by atoms with Crippen LogP contribution >= 0.6 is 0 Å². The molecule has 0 fully saturated rings. The number of pyridine rings is 2. The lowest BCUT2D eigenvalue weighted by Gasteiger charge is -2.31. The van der Waals surface area contributed by atoms with Crippen molar-refractivity contribution in [3.05, 3.63) is 62.4 Å². The number of rotatable bonds is 5. The van der Waals surface area contributed by atoms with Crippen LogP contribution in [-0.4, -0.2) is 26.5 Å². The molecule has 3 aromatic rings. The quantitative estimate of drug-likeness (QED) is 0.451. The highest BCUT2D eigenvalue weighted by Gasteiger charge is 2.45. The van der Waals surface area contributed by atoms with Gasteiger partial charge in [-0.3, -0.25) is 9.59 Å². The van der Waals surface area contributed by atoms with Crippen molar-refractivity contribution in [2.75, 3.05) is 0 Å². The molecule has 5 rings (SSSR count). The SMILES string of the molecule is CCc1c2c(nc3ccc(CCC(N)=O)cc13)-c1cc3c(c(=O)n1C2)COC(=O)C3(O)CC. The van der Waals surface area contributed by atoms with E-state index in [0.717, 1.165) is 34.0 Å². The number of hydrogen-bond donors (Lipinski definition) is 2. The van der Waals surface area contributed by atoms with E-state index < -0.39 is 11.6 Å². The van der Waals surface area contributed by atoms with E-state index >= 15 is 0 Å². The summed E-state index contributed by atoms with van der Waals surface area (Å²) in [6.07, 6.45) is 1.68. The maximum atomic E-state index is 13.4. The molecule has 0 aliphatic carbocycles. The fourth-order valence-electron chi connectivity index (χ4n) is 5.04. The van der Waals surface area contributed by atoms with Crippen LogP contribution in [0.1, 0.15) is 54.5 Å². The molecule has 8 heteroatoms. The van der Waals surface area contributed by atoms with E-state index in [2.05, 4.69) is 6.92 Å². The predicted octanol–water partition coefficient (Wildman–Crippen LogP) is 2.06. The van der Waals surface area contributed by atoms with Gasteiger partial charge in [0, 0.05) is 22.9 Å². The van der Waals surface area contributed by atoms with Crippen LogP contribution in [0.5, 0.6) is 0 Å². The number of primary amides is 1. The van der Waals surface area contributed by atoms with Gasteiger partial charge in [0.15, 0.2) is 5.60 Å². The fourth-order valence-corrected chi connectivity index (χ4v) is 5.04. The van der Waals surface area contributed by atoms with Gasteiger partial charge < -0.3 is 20.1 Å². The minimum atomic E-state index is -1.84. The van der Waals surface area contributed by atoms with Crippen LogP contribution in [0.4, 0.5) is 0 Å². The molecule has 0 radical (unpaired) electrons. The molecule has 0 saturated heterocycles. The molecule has 4 heterocycles. The number of hydrogen-bond acceptors (Lipinski definition) is 6. The van der Waals surface area contributed by atoms with Gasteiger partial charge in [0.1, 0.15) is 6.61 Å². The van der Waals surface area contributed by atoms with Crippen molar-refractivity contribution in [1.82, 2.24) is 9.55 Å². The number of nitrogens with two attached hydrogens (primary N) is 1. The number of fused-ring (bicyclic) bond motifs is 5. The summed E-state index contributed by atoms with van der Waals surface area (Å²) < 4.78 is 6.79. The third-order valence-corrected chi connectivity index (χ3v) is 6.88. The largest absolute Gasteiger partial charge is 0.458 e. The molecule has 170 valence electrons. The normalized spacial score (nSPS) is 18.6. The summed E-state index contributed by atoms with van der Waals surface area (Å²) in [5.41, 5.74) is 8.96. The first-order chi connectivity index (χ1) is 15.8.